The molecule has 0 fully saturated rings. The van der Waals surface area contributed by atoms with Crippen LogP contribution in [0.5, 0.6) is 11.5 Å². The van der Waals surface area contributed by atoms with Crippen molar-refractivity contribution in [2.45, 2.75) is 33.3 Å². The Labute approximate surface area is 165 Å². The maximum Gasteiger partial charge on any atom is 0.310 e. The zero-order valence-corrected chi connectivity index (χ0v) is 17.0. The molecule has 0 saturated carbocycles. The summed E-state index contributed by atoms with van der Waals surface area (Å²) in [5, 5.41) is 1.13. The van der Waals surface area contributed by atoms with Crippen molar-refractivity contribution in [1.82, 2.24) is 0 Å². The number of hydrogen-bond donors (Lipinski definition) is 0. The van der Waals surface area contributed by atoms with Gasteiger partial charge in [-0.3, -0.25) is 4.79 Å². The molecule has 3 nitrogen and oxygen atoms in total. The third-order valence-corrected chi connectivity index (χ3v) is 5.10. The van der Waals surface area contributed by atoms with Gasteiger partial charge in [0.25, 0.3) is 0 Å². The molecule has 0 aromatic heterocycles. The highest BCUT2D eigenvalue weighted by atomic mass is 127. The molecule has 0 amide bonds. The van der Waals surface area contributed by atoms with E-state index < -0.39 is 0 Å². The van der Waals surface area contributed by atoms with E-state index >= 15 is 0 Å². The summed E-state index contributed by atoms with van der Waals surface area (Å²) in [6.45, 7) is 4.00. The summed E-state index contributed by atoms with van der Waals surface area (Å²) >= 11 is 14.7. The van der Waals surface area contributed by atoms with Gasteiger partial charge in [-0.25, -0.2) is 0 Å². The smallest absolute Gasteiger partial charge is 0.310 e. The van der Waals surface area contributed by atoms with Crippen molar-refractivity contribution < 1.29 is 14.3 Å². The fourth-order valence-electron chi connectivity index (χ4n) is 2.07. The Kier molecular flexibility index (Phi) is 7.19. The lowest BCUT2D eigenvalue weighted by atomic mass is 10.1. The molecule has 24 heavy (non-hydrogen) atoms. The minimum atomic E-state index is -0.286. The van der Waals surface area contributed by atoms with Crippen LogP contribution in [0.15, 0.2) is 30.3 Å². The first-order valence-corrected chi connectivity index (χ1v) is 9.38. The fourth-order valence-corrected chi connectivity index (χ4v) is 3.23. The molecule has 0 aliphatic carbocycles. The predicted octanol–water partition coefficient (Wildman–Crippen LogP) is 6.05. The standard InChI is InChI=1S/C18H17Cl2IO3/c1-3-11-8-14(20)17(9-13(11)19)23-10-12-15(21)6-5-7-16(12)24-18(22)4-2/h5-9H,3-4,10H2,1-2H3. The highest BCUT2D eigenvalue weighted by molar-refractivity contribution is 14.1. The zero-order chi connectivity index (χ0) is 17.7. The molecule has 0 N–H and O–H groups in total. The van der Waals surface area contributed by atoms with Crippen molar-refractivity contribution in [1.29, 1.82) is 0 Å². The van der Waals surface area contributed by atoms with Gasteiger partial charge in [-0.15, -0.1) is 0 Å². The minimum absolute atomic E-state index is 0.229. The van der Waals surface area contributed by atoms with Crippen molar-refractivity contribution in [2.75, 3.05) is 0 Å². The molecule has 0 radical (unpaired) electrons. The Balaban J connectivity index is 2.23. The third-order valence-electron chi connectivity index (χ3n) is 3.44. The van der Waals surface area contributed by atoms with E-state index in [0.717, 1.165) is 21.1 Å². The highest BCUT2D eigenvalue weighted by Gasteiger charge is 2.14. The zero-order valence-electron chi connectivity index (χ0n) is 13.4. The van der Waals surface area contributed by atoms with Crippen LogP contribution < -0.4 is 9.47 Å². The van der Waals surface area contributed by atoms with Crippen LogP contribution in [-0.4, -0.2) is 5.97 Å². The molecule has 0 heterocycles. The van der Waals surface area contributed by atoms with E-state index in [1.807, 2.05) is 25.1 Å². The maximum absolute atomic E-state index is 11.6. The van der Waals surface area contributed by atoms with Gasteiger partial charge in [0, 0.05) is 26.6 Å². The Morgan fingerprint density at radius 2 is 1.88 bits per heavy atom. The SMILES string of the molecule is CCC(=O)Oc1cccc(I)c1COc1cc(Cl)c(CC)cc1Cl. The first-order chi connectivity index (χ1) is 11.5. The summed E-state index contributed by atoms with van der Waals surface area (Å²) in [4.78, 5) is 11.6. The second-order valence-electron chi connectivity index (χ2n) is 5.06. The molecule has 0 spiro atoms. The molecule has 2 aromatic rings. The number of benzene rings is 2. The molecule has 0 unspecified atom stereocenters. The lowest BCUT2D eigenvalue weighted by Crippen LogP contribution is -2.09. The van der Waals surface area contributed by atoms with E-state index in [4.69, 9.17) is 32.7 Å². The first kappa shape index (κ1) is 19.3. The van der Waals surface area contributed by atoms with Crippen LogP contribution in [0.25, 0.3) is 0 Å². The van der Waals surface area contributed by atoms with Gasteiger partial charge in [-0.05, 0) is 52.8 Å². The molecule has 0 aliphatic rings. The number of carbonyl (C=O) groups is 1. The van der Waals surface area contributed by atoms with Crippen LogP contribution in [0, 0.1) is 3.57 Å². The lowest BCUT2D eigenvalue weighted by Gasteiger charge is -2.14. The number of carbonyl (C=O) groups excluding carboxylic acids is 1. The Morgan fingerprint density at radius 1 is 1.12 bits per heavy atom. The van der Waals surface area contributed by atoms with Crippen molar-refractivity contribution in [2.24, 2.45) is 0 Å². The van der Waals surface area contributed by atoms with E-state index in [1.54, 1.807) is 19.1 Å². The minimum Gasteiger partial charge on any atom is -0.487 e. The normalized spacial score (nSPS) is 10.5. The van der Waals surface area contributed by atoms with Gasteiger partial charge >= 0.3 is 5.97 Å². The molecule has 0 bridgehead atoms. The van der Waals surface area contributed by atoms with Crippen LogP contribution in [-0.2, 0) is 17.8 Å². The van der Waals surface area contributed by atoms with E-state index in [9.17, 15) is 4.79 Å². The van der Waals surface area contributed by atoms with E-state index in [1.165, 1.54) is 0 Å². The third kappa shape index (κ3) is 4.77. The van der Waals surface area contributed by atoms with Crippen molar-refractivity contribution >= 4 is 51.8 Å². The number of halogens is 3. The van der Waals surface area contributed by atoms with E-state index in [2.05, 4.69) is 22.6 Å². The highest BCUT2D eigenvalue weighted by Crippen LogP contribution is 2.33. The van der Waals surface area contributed by atoms with Gasteiger partial charge in [0.15, 0.2) is 0 Å². The Hall–Kier alpha value is -0.980. The summed E-state index contributed by atoms with van der Waals surface area (Å²) in [7, 11) is 0. The van der Waals surface area contributed by atoms with Crippen molar-refractivity contribution in [3.05, 3.63) is 55.1 Å². The molecule has 6 heteroatoms. The molecule has 2 aromatic carbocycles. The van der Waals surface area contributed by atoms with Crippen molar-refractivity contribution in [3.63, 3.8) is 0 Å². The number of aryl methyl sites for hydroxylation is 1. The summed E-state index contributed by atoms with van der Waals surface area (Å²) < 4.78 is 12.1. The van der Waals surface area contributed by atoms with E-state index in [-0.39, 0.29) is 12.6 Å². The summed E-state index contributed by atoms with van der Waals surface area (Å²) in [5.74, 6) is 0.721. The fraction of sp³-hybridized carbons (Fsp3) is 0.278. The van der Waals surface area contributed by atoms with Crippen LogP contribution >= 0.6 is 45.8 Å². The molecular formula is C18H17Cl2IO3. The summed E-state index contributed by atoms with van der Waals surface area (Å²) in [5.41, 5.74) is 1.77. The van der Waals surface area contributed by atoms with Gasteiger partial charge in [0.2, 0.25) is 0 Å². The molecule has 0 atom stereocenters. The monoisotopic (exact) mass is 478 g/mol. The number of ether oxygens (including phenoxy) is 2. The maximum atomic E-state index is 11.6. The van der Waals surface area contributed by atoms with Crippen LogP contribution in [0.2, 0.25) is 10.0 Å². The number of hydrogen-bond acceptors (Lipinski definition) is 3. The Bertz CT molecular complexity index is 747. The van der Waals surface area contributed by atoms with Crippen LogP contribution in [0.3, 0.4) is 0 Å². The van der Waals surface area contributed by atoms with Gasteiger partial charge in [-0.1, -0.05) is 43.1 Å². The summed E-state index contributed by atoms with van der Waals surface area (Å²) in [6, 6.07) is 9.05. The number of esters is 1. The number of rotatable bonds is 6. The van der Waals surface area contributed by atoms with Gasteiger partial charge in [0.1, 0.15) is 18.1 Å². The largest absolute Gasteiger partial charge is 0.487 e. The van der Waals surface area contributed by atoms with Crippen LogP contribution in [0.4, 0.5) is 0 Å². The quantitative estimate of drug-likeness (QED) is 0.288. The van der Waals surface area contributed by atoms with Gasteiger partial charge < -0.3 is 9.47 Å². The molecular weight excluding hydrogens is 462 g/mol. The van der Waals surface area contributed by atoms with Gasteiger partial charge in [0.05, 0.1) is 5.02 Å². The predicted molar refractivity (Wildman–Crippen MR) is 105 cm³/mol. The second kappa shape index (κ2) is 8.92. The van der Waals surface area contributed by atoms with Crippen LogP contribution in [0.1, 0.15) is 31.4 Å². The van der Waals surface area contributed by atoms with Gasteiger partial charge in [-0.2, -0.15) is 0 Å². The Morgan fingerprint density at radius 3 is 2.54 bits per heavy atom. The lowest BCUT2D eigenvalue weighted by molar-refractivity contribution is -0.134. The second-order valence-corrected chi connectivity index (χ2v) is 7.04. The average Bonchev–Trinajstić information content (AvgIpc) is 2.56. The average molecular weight is 479 g/mol. The molecule has 128 valence electrons. The van der Waals surface area contributed by atoms with Crippen molar-refractivity contribution in [3.8, 4) is 11.5 Å². The topological polar surface area (TPSA) is 35.5 Å². The first-order valence-electron chi connectivity index (χ1n) is 7.55. The molecule has 0 saturated heterocycles. The molecule has 0 aliphatic heterocycles. The summed E-state index contributed by atoms with van der Waals surface area (Å²) in [6.07, 6.45) is 1.11. The van der Waals surface area contributed by atoms with E-state index in [0.29, 0.717) is 28.0 Å². The molecule has 2 rings (SSSR count).